The molecule has 3 unspecified atom stereocenters. The van der Waals surface area contributed by atoms with Gasteiger partial charge in [-0.3, -0.25) is 9.87 Å². The highest BCUT2D eigenvalue weighted by Gasteiger charge is 2.31. The van der Waals surface area contributed by atoms with Gasteiger partial charge in [0.05, 0.1) is 7.11 Å². The van der Waals surface area contributed by atoms with Gasteiger partial charge in [0.1, 0.15) is 5.75 Å². The zero-order chi connectivity index (χ0) is 20.1. The number of hydrogen-bond donors (Lipinski definition) is 3. The Morgan fingerprint density at radius 2 is 1.93 bits per heavy atom. The van der Waals surface area contributed by atoms with Crippen LogP contribution >= 0.6 is 12.4 Å². The van der Waals surface area contributed by atoms with Gasteiger partial charge < -0.3 is 10.1 Å². The van der Waals surface area contributed by atoms with Gasteiger partial charge in [0.15, 0.2) is 6.23 Å². The fourth-order valence-electron chi connectivity index (χ4n) is 3.62. The zero-order valence-electron chi connectivity index (χ0n) is 16.4. The van der Waals surface area contributed by atoms with Crippen molar-refractivity contribution in [1.29, 1.82) is 0 Å². The zero-order valence-corrected chi connectivity index (χ0v) is 18.0. The molecule has 3 N–H and O–H groups in total. The van der Waals surface area contributed by atoms with Gasteiger partial charge >= 0.3 is 10.4 Å². The van der Waals surface area contributed by atoms with Crippen LogP contribution in [-0.2, 0) is 14.6 Å². The van der Waals surface area contributed by atoms with Gasteiger partial charge in [-0.2, -0.15) is 8.42 Å². The van der Waals surface area contributed by atoms with Crippen molar-refractivity contribution in [2.45, 2.75) is 38.1 Å². The second kappa shape index (κ2) is 10.4. The molecule has 160 valence electrons. The molecule has 3 rings (SSSR count). The lowest BCUT2D eigenvalue weighted by molar-refractivity contribution is 0.116. The third-order valence-electron chi connectivity index (χ3n) is 4.87. The number of hydrogen-bond acceptors (Lipinski definition) is 6. The average Bonchev–Trinajstić information content (AvgIpc) is 2.67. The summed E-state index contributed by atoms with van der Waals surface area (Å²) in [6.07, 6.45) is 0.678. The molecule has 9 heteroatoms. The lowest BCUT2D eigenvalue weighted by Crippen LogP contribution is -2.48. The summed E-state index contributed by atoms with van der Waals surface area (Å²) in [5.41, 5.74) is 2.53. The summed E-state index contributed by atoms with van der Waals surface area (Å²) in [6, 6.07) is 15.2. The van der Waals surface area contributed by atoms with Gasteiger partial charge in [-0.25, -0.2) is 4.18 Å². The van der Waals surface area contributed by atoms with Crippen molar-refractivity contribution in [2.75, 3.05) is 13.7 Å². The predicted octanol–water partition coefficient (Wildman–Crippen LogP) is 3.33. The molecule has 3 atom stereocenters. The molecule has 0 saturated carbocycles. The summed E-state index contributed by atoms with van der Waals surface area (Å²) >= 11 is 0. The number of rotatable bonds is 7. The molecule has 0 spiro atoms. The fraction of sp³-hybridized carbons (Fsp3) is 0.400. The van der Waals surface area contributed by atoms with Crippen LogP contribution in [0, 0.1) is 6.92 Å². The summed E-state index contributed by atoms with van der Waals surface area (Å²) in [4.78, 5) is 0. The molecular weight excluding hydrogens is 416 g/mol. The van der Waals surface area contributed by atoms with Crippen molar-refractivity contribution in [3.8, 4) is 5.75 Å². The molecule has 1 aliphatic rings. The molecule has 2 aromatic carbocycles. The first kappa shape index (κ1) is 23.6. The highest BCUT2D eigenvalue weighted by atomic mass is 35.5. The van der Waals surface area contributed by atoms with Crippen LogP contribution < -0.4 is 15.4 Å². The van der Waals surface area contributed by atoms with Gasteiger partial charge in [-0.15, -0.1) is 12.4 Å². The largest absolute Gasteiger partial charge is 0.496 e. The molecule has 0 bridgehead atoms. The van der Waals surface area contributed by atoms with Crippen LogP contribution in [0.4, 0.5) is 0 Å². The van der Waals surface area contributed by atoms with E-state index in [0.29, 0.717) is 11.3 Å². The van der Waals surface area contributed by atoms with Crippen molar-refractivity contribution in [3.63, 3.8) is 0 Å². The van der Waals surface area contributed by atoms with Crippen LogP contribution in [0.1, 0.15) is 41.8 Å². The molecule has 0 aromatic heterocycles. The third kappa shape index (κ3) is 6.40. The smallest absolute Gasteiger partial charge is 0.399 e. The molecule has 1 heterocycles. The lowest BCUT2D eigenvalue weighted by atomic mass is 9.92. The molecule has 1 aliphatic heterocycles. The Balaban J connectivity index is 0.00000300. The van der Waals surface area contributed by atoms with E-state index in [-0.39, 0.29) is 24.5 Å². The van der Waals surface area contributed by atoms with Crippen LogP contribution in [0.3, 0.4) is 0 Å². The number of methoxy groups -OCH3 is 1. The van der Waals surface area contributed by atoms with Crippen LogP contribution in [0.15, 0.2) is 48.5 Å². The van der Waals surface area contributed by atoms with E-state index in [2.05, 4.69) is 10.6 Å². The minimum absolute atomic E-state index is 0. The van der Waals surface area contributed by atoms with E-state index in [9.17, 15) is 13.0 Å². The number of aryl methyl sites for hydroxylation is 1. The van der Waals surface area contributed by atoms with E-state index in [1.807, 2.05) is 43.3 Å². The standard InChI is InChI=1S/C20H26N2O5S.ClH/c1-14-10-11-18(26-2)16(13-14)20(27-28(23,24)25)22-17-9-6-12-21-19(17)15-7-4-3-5-8-15;/h3-5,7-8,10-11,13,17,19-22H,6,9,12H2,1-2H3,(H,23,24,25);1H. The number of halogens is 1. The highest BCUT2D eigenvalue weighted by Crippen LogP contribution is 2.32. The average molecular weight is 443 g/mol. The summed E-state index contributed by atoms with van der Waals surface area (Å²) < 4.78 is 42.8. The summed E-state index contributed by atoms with van der Waals surface area (Å²) in [7, 11) is -3.17. The third-order valence-corrected chi connectivity index (χ3v) is 5.30. The number of ether oxygens (including phenoxy) is 1. The number of benzene rings is 2. The van der Waals surface area contributed by atoms with Crippen molar-refractivity contribution >= 4 is 22.8 Å². The van der Waals surface area contributed by atoms with E-state index in [1.165, 1.54) is 7.11 Å². The topological polar surface area (TPSA) is 96.9 Å². The fourth-order valence-corrected chi connectivity index (χ4v) is 4.03. The maximum Gasteiger partial charge on any atom is 0.399 e. The van der Waals surface area contributed by atoms with E-state index < -0.39 is 16.6 Å². The van der Waals surface area contributed by atoms with Crippen molar-refractivity contribution in [3.05, 3.63) is 65.2 Å². The second-order valence-electron chi connectivity index (χ2n) is 6.91. The monoisotopic (exact) mass is 442 g/mol. The summed E-state index contributed by atoms with van der Waals surface area (Å²) in [6.45, 7) is 2.76. The van der Waals surface area contributed by atoms with Crippen LogP contribution in [0.2, 0.25) is 0 Å². The van der Waals surface area contributed by atoms with Crippen molar-refractivity contribution in [2.24, 2.45) is 0 Å². The van der Waals surface area contributed by atoms with Gasteiger partial charge in [0.2, 0.25) is 0 Å². The highest BCUT2D eigenvalue weighted by molar-refractivity contribution is 7.80. The Kier molecular flexibility index (Phi) is 8.45. The van der Waals surface area contributed by atoms with Crippen molar-refractivity contribution < 1.29 is 21.9 Å². The minimum atomic E-state index is -4.68. The Bertz CT molecular complexity index is 895. The first-order valence-electron chi connectivity index (χ1n) is 9.22. The van der Waals surface area contributed by atoms with E-state index >= 15 is 0 Å². The van der Waals surface area contributed by atoms with Crippen molar-refractivity contribution in [1.82, 2.24) is 10.6 Å². The molecule has 7 nitrogen and oxygen atoms in total. The Hall–Kier alpha value is -1.68. The SMILES string of the molecule is COc1ccc(C)cc1C(NC1CCCNC1c1ccccc1)OS(=O)(=O)O.Cl. The van der Waals surface area contributed by atoms with Crippen LogP contribution in [0.5, 0.6) is 5.75 Å². The maximum absolute atomic E-state index is 11.5. The molecule has 29 heavy (non-hydrogen) atoms. The Labute approximate surface area is 178 Å². The van der Waals surface area contributed by atoms with Crippen LogP contribution in [0.25, 0.3) is 0 Å². The lowest BCUT2D eigenvalue weighted by Gasteiger charge is -2.36. The van der Waals surface area contributed by atoms with Gasteiger partial charge in [-0.05, 0) is 44.0 Å². The first-order chi connectivity index (χ1) is 13.4. The number of nitrogens with one attached hydrogen (secondary N) is 2. The molecule has 0 amide bonds. The normalized spacial score (nSPS) is 20.5. The van der Waals surface area contributed by atoms with E-state index in [4.69, 9.17) is 8.92 Å². The second-order valence-corrected chi connectivity index (χ2v) is 7.96. The molecule has 0 radical (unpaired) electrons. The van der Waals surface area contributed by atoms with Crippen LogP contribution in [-0.4, -0.2) is 32.7 Å². The summed E-state index contributed by atoms with van der Waals surface area (Å²) in [5.74, 6) is 0.478. The molecule has 1 saturated heterocycles. The van der Waals surface area contributed by atoms with Gasteiger partial charge in [-0.1, -0.05) is 42.0 Å². The Morgan fingerprint density at radius 1 is 1.21 bits per heavy atom. The molecule has 1 fully saturated rings. The molecule has 2 aromatic rings. The predicted molar refractivity (Wildman–Crippen MR) is 114 cm³/mol. The quantitative estimate of drug-likeness (QED) is 0.447. The first-order valence-corrected chi connectivity index (χ1v) is 10.6. The van der Waals surface area contributed by atoms with E-state index in [1.54, 1.807) is 12.1 Å². The number of piperidine rings is 1. The van der Waals surface area contributed by atoms with E-state index in [0.717, 1.165) is 30.5 Å². The minimum Gasteiger partial charge on any atom is -0.496 e. The maximum atomic E-state index is 11.5. The van der Waals surface area contributed by atoms with Gasteiger partial charge in [0.25, 0.3) is 0 Å². The van der Waals surface area contributed by atoms with Gasteiger partial charge in [0, 0.05) is 17.6 Å². The summed E-state index contributed by atoms with van der Waals surface area (Å²) in [5, 5.41) is 6.76. The molecular formula is C20H27ClN2O5S. The molecule has 0 aliphatic carbocycles. The Morgan fingerprint density at radius 3 is 2.59 bits per heavy atom.